The molecule has 8 heteroatoms. The number of hydrogen-bond donors (Lipinski definition) is 3. The molecule has 8 nitrogen and oxygen atoms in total. The lowest BCUT2D eigenvalue weighted by molar-refractivity contribution is 0.0738. The smallest absolute Gasteiger partial charge is 0.276 e. The van der Waals surface area contributed by atoms with Crippen LogP contribution in [0.25, 0.3) is 16.6 Å². The van der Waals surface area contributed by atoms with Gasteiger partial charge >= 0.3 is 0 Å². The summed E-state index contributed by atoms with van der Waals surface area (Å²) in [5.41, 5.74) is 4.64. The minimum atomic E-state index is -1.08. The number of hydrogen-bond acceptors (Lipinski definition) is 6. The first-order valence-electron chi connectivity index (χ1n) is 11.8. The Morgan fingerprint density at radius 3 is 2.76 bits per heavy atom. The summed E-state index contributed by atoms with van der Waals surface area (Å²) < 4.78 is 3.78. The Labute approximate surface area is 197 Å². The van der Waals surface area contributed by atoms with E-state index in [0.717, 1.165) is 49.2 Å². The molecule has 2 aliphatic rings. The minimum Gasteiger partial charge on any atom is -0.384 e. The maximum absolute atomic E-state index is 13.3. The second-order valence-electron chi connectivity index (χ2n) is 9.77. The van der Waals surface area contributed by atoms with Gasteiger partial charge in [0.15, 0.2) is 0 Å². The van der Waals surface area contributed by atoms with Crippen LogP contribution in [0.5, 0.6) is 0 Å². The number of aliphatic hydroxyl groups is 1. The third kappa shape index (κ3) is 3.69. The first-order valence-corrected chi connectivity index (χ1v) is 11.8. The van der Waals surface area contributed by atoms with Crippen molar-refractivity contribution in [1.82, 2.24) is 24.6 Å². The molecule has 1 saturated carbocycles. The van der Waals surface area contributed by atoms with Crippen LogP contribution < -0.4 is 16.2 Å². The van der Waals surface area contributed by atoms with E-state index in [-0.39, 0.29) is 11.6 Å². The number of nitrogens with zero attached hydrogens (tertiary/aromatic N) is 4. The summed E-state index contributed by atoms with van der Waals surface area (Å²) in [6, 6.07) is 12.2. The van der Waals surface area contributed by atoms with Gasteiger partial charge in [-0.2, -0.15) is 0 Å². The fraction of sp³-hybridized carbons (Fsp3) is 0.346. The van der Waals surface area contributed by atoms with Crippen molar-refractivity contribution in [2.24, 2.45) is 0 Å². The van der Waals surface area contributed by atoms with Gasteiger partial charge in [-0.15, -0.1) is 0 Å². The number of pyridine rings is 2. The van der Waals surface area contributed by atoms with E-state index in [2.05, 4.69) is 38.8 Å². The second-order valence-corrected chi connectivity index (χ2v) is 9.77. The summed E-state index contributed by atoms with van der Waals surface area (Å²) in [4.78, 5) is 22.2. The van der Waals surface area contributed by atoms with Crippen LogP contribution in [0.1, 0.15) is 49.6 Å². The summed E-state index contributed by atoms with van der Waals surface area (Å²) in [6.45, 7) is 5.30. The van der Waals surface area contributed by atoms with Crippen LogP contribution in [0.2, 0.25) is 0 Å². The van der Waals surface area contributed by atoms with E-state index in [1.165, 1.54) is 11.1 Å². The van der Waals surface area contributed by atoms with Crippen molar-refractivity contribution in [3.8, 4) is 5.69 Å². The molecule has 0 unspecified atom stereocenters. The van der Waals surface area contributed by atoms with Crippen LogP contribution in [0.3, 0.4) is 0 Å². The van der Waals surface area contributed by atoms with Gasteiger partial charge < -0.3 is 15.7 Å². The van der Waals surface area contributed by atoms with E-state index in [0.29, 0.717) is 16.9 Å². The highest BCUT2D eigenvalue weighted by Crippen LogP contribution is 2.36. The molecule has 1 aliphatic heterocycles. The Bertz CT molecular complexity index is 1460. The number of fused-ring (bicyclic) bond motifs is 2. The quantitative estimate of drug-likeness (QED) is 0.425. The largest absolute Gasteiger partial charge is 0.384 e. The maximum Gasteiger partial charge on any atom is 0.276 e. The Kier molecular flexibility index (Phi) is 4.82. The zero-order valence-electron chi connectivity index (χ0n) is 19.4. The molecule has 0 radical (unpaired) electrons. The van der Waals surface area contributed by atoms with Crippen LogP contribution in [0.15, 0.2) is 53.6 Å². The lowest BCUT2D eigenvalue weighted by atomic mass is 10.0. The monoisotopic (exact) mass is 456 g/mol. The van der Waals surface area contributed by atoms with Crippen molar-refractivity contribution in [3.63, 3.8) is 0 Å². The lowest BCUT2D eigenvalue weighted by Gasteiger charge is -2.19. The molecule has 0 spiro atoms. The van der Waals surface area contributed by atoms with E-state index in [4.69, 9.17) is 0 Å². The van der Waals surface area contributed by atoms with Crippen molar-refractivity contribution in [2.75, 3.05) is 11.9 Å². The number of aromatic nitrogens is 4. The van der Waals surface area contributed by atoms with Crippen LogP contribution >= 0.6 is 0 Å². The molecule has 4 heterocycles. The van der Waals surface area contributed by atoms with Gasteiger partial charge in [0, 0.05) is 30.7 Å². The van der Waals surface area contributed by atoms with E-state index < -0.39 is 5.60 Å². The summed E-state index contributed by atoms with van der Waals surface area (Å²) in [5, 5.41) is 17.9. The molecule has 3 aromatic heterocycles. The fourth-order valence-electron chi connectivity index (χ4n) is 4.69. The minimum absolute atomic E-state index is 0.0435. The fourth-order valence-corrected chi connectivity index (χ4v) is 4.69. The van der Waals surface area contributed by atoms with E-state index >= 15 is 0 Å². The first-order chi connectivity index (χ1) is 16.4. The summed E-state index contributed by atoms with van der Waals surface area (Å²) in [6.07, 6.45) is 6.33. The molecule has 0 atom stereocenters. The van der Waals surface area contributed by atoms with E-state index in [9.17, 15) is 9.90 Å². The first kappa shape index (κ1) is 21.1. The van der Waals surface area contributed by atoms with Crippen molar-refractivity contribution >= 4 is 22.4 Å². The zero-order chi connectivity index (χ0) is 23.4. The summed E-state index contributed by atoms with van der Waals surface area (Å²) >= 11 is 0. The topological polar surface area (TPSA) is 97.0 Å². The van der Waals surface area contributed by atoms with Crippen molar-refractivity contribution in [2.45, 2.75) is 51.3 Å². The van der Waals surface area contributed by atoms with Gasteiger partial charge in [-0.25, -0.2) is 14.3 Å². The molecule has 1 aromatic carbocycles. The highest BCUT2D eigenvalue weighted by Gasteiger charge is 2.30. The molecule has 0 saturated heterocycles. The Morgan fingerprint density at radius 2 is 1.97 bits per heavy atom. The molecule has 0 amide bonds. The third-order valence-corrected chi connectivity index (χ3v) is 6.64. The predicted octanol–water partition coefficient (Wildman–Crippen LogP) is 3.53. The molecule has 4 aromatic rings. The van der Waals surface area contributed by atoms with Crippen molar-refractivity contribution in [1.29, 1.82) is 0 Å². The standard InChI is InChI=1S/C26H28N6O2/c1-26(2,34)23-12-20(8-10-28-23)31-22-13-24(29-15-21(22)25(33)32(31)19-5-6-19)30-18-4-3-16-7-9-27-14-17(16)11-18/h3-4,8,10-13,15,19,27,34H,5-7,9,14H2,1-2H3,(H,29,30). The molecule has 0 bridgehead atoms. The average molecular weight is 457 g/mol. The van der Waals surface area contributed by atoms with Crippen LogP contribution in [-0.4, -0.2) is 31.0 Å². The Balaban J connectivity index is 1.46. The maximum atomic E-state index is 13.3. The molecule has 34 heavy (non-hydrogen) atoms. The number of rotatable bonds is 5. The van der Waals surface area contributed by atoms with Gasteiger partial charge in [-0.3, -0.25) is 9.78 Å². The Hall–Kier alpha value is -3.49. The van der Waals surface area contributed by atoms with Crippen molar-refractivity contribution in [3.05, 3.63) is 76.0 Å². The average Bonchev–Trinajstić information content (AvgIpc) is 3.62. The van der Waals surface area contributed by atoms with Gasteiger partial charge in [-0.1, -0.05) is 6.07 Å². The normalized spacial score (nSPS) is 16.0. The molecule has 6 rings (SSSR count). The molecule has 174 valence electrons. The Morgan fingerprint density at radius 1 is 1.12 bits per heavy atom. The third-order valence-electron chi connectivity index (χ3n) is 6.64. The van der Waals surface area contributed by atoms with Gasteiger partial charge in [0.1, 0.15) is 11.4 Å². The summed E-state index contributed by atoms with van der Waals surface area (Å²) in [7, 11) is 0. The predicted molar refractivity (Wildman–Crippen MR) is 132 cm³/mol. The van der Waals surface area contributed by atoms with Crippen LogP contribution in [0.4, 0.5) is 11.5 Å². The van der Waals surface area contributed by atoms with E-state index in [1.807, 2.05) is 27.6 Å². The highest BCUT2D eigenvalue weighted by molar-refractivity contribution is 5.83. The summed E-state index contributed by atoms with van der Waals surface area (Å²) in [5.74, 6) is 0.676. The van der Waals surface area contributed by atoms with Gasteiger partial charge in [0.05, 0.1) is 28.3 Å². The number of benzene rings is 1. The molecule has 1 fully saturated rings. The zero-order valence-corrected chi connectivity index (χ0v) is 19.4. The SMILES string of the molecule is CC(C)(O)c1cc(-n2c3cc(Nc4ccc5c(c4)CNCC5)ncc3c(=O)n2C2CC2)ccn1. The molecular formula is C26H28N6O2. The van der Waals surface area contributed by atoms with Crippen LogP contribution in [-0.2, 0) is 18.6 Å². The number of anilines is 2. The van der Waals surface area contributed by atoms with Crippen molar-refractivity contribution < 1.29 is 5.11 Å². The number of nitrogens with one attached hydrogen (secondary N) is 2. The van der Waals surface area contributed by atoms with E-state index in [1.54, 1.807) is 26.2 Å². The molecule has 3 N–H and O–H groups in total. The lowest BCUT2D eigenvalue weighted by Crippen LogP contribution is -2.23. The van der Waals surface area contributed by atoms with Gasteiger partial charge in [0.25, 0.3) is 5.56 Å². The van der Waals surface area contributed by atoms with Gasteiger partial charge in [-0.05, 0) is 75.0 Å². The second kappa shape index (κ2) is 7.78. The highest BCUT2D eigenvalue weighted by atomic mass is 16.3. The van der Waals surface area contributed by atoms with Gasteiger partial charge in [0.2, 0.25) is 0 Å². The van der Waals surface area contributed by atoms with Crippen LogP contribution in [0, 0.1) is 0 Å². The molecular weight excluding hydrogens is 428 g/mol. The molecule has 1 aliphatic carbocycles.